The smallest absolute Gasteiger partial charge is 0.0843 e. The van der Waals surface area contributed by atoms with E-state index in [0.29, 0.717) is 0 Å². The molecule has 0 radical (unpaired) electrons. The largest absolute Gasteiger partial charge is 0.308 e. The van der Waals surface area contributed by atoms with Crippen LogP contribution in [0.1, 0.15) is 0 Å². The molecule has 2 aromatic carbocycles. The summed E-state index contributed by atoms with van der Waals surface area (Å²) in [5.74, 6) is 0. The lowest BCUT2D eigenvalue weighted by molar-refractivity contribution is 1.59. The Morgan fingerprint density at radius 1 is 0.950 bits per heavy atom. The van der Waals surface area contributed by atoms with Crippen molar-refractivity contribution in [1.29, 1.82) is 0 Å². The lowest BCUT2D eigenvalue weighted by Crippen LogP contribution is -1.81. The summed E-state index contributed by atoms with van der Waals surface area (Å²) in [6.07, 6.45) is 2.14. The standard InChI is InChI=1S/C16H12ClS3/c1-18-16-14(11-5-3-2-4-6-11)15(19-20-16)12-7-9-13(17)10-8-12/h2-10H,1H3/q+1. The zero-order valence-electron chi connectivity index (χ0n) is 10.8. The number of thioether (sulfide) groups is 1. The number of benzene rings is 2. The first-order valence-corrected chi connectivity index (χ1v) is 9.86. The van der Waals surface area contributed by atoms with Crippen LogP contribution in [0.4, 0.5) is 0 Å². The van der Waals surface area contributed by atoms with Crippen LogP contribution >= 0.6 is 44.0 Å². The molecule has 0 aliphatic rings. The molecule has 0 N–H and O–H groups in total. The first-order chi connectivity index (χ1) is 9.79. The minimum atomic E-state index is 0.778. The fourth-order valence-corrected chi connectivity index (χ4v) is 6.17. The lowest BCUT2D eigenvalue weighted by Gasteiger charge is -2.02. The molecular weight excluding hydrogens is 324 g/mol. The van der Waals surface area contributed by atoms with Crippen LogP contribution in [0, 0.1) is 0 Å². The summed E-state index contributed by atoms with van der Waals surface area (Å²) in [6, 6.07) is 18.7. The van der Waals surface area contributed by atoms with E-state index in [-0.39, 0.29) is 0 Å². The third kappa shape index (κ3) is 2.77. The van der Waals surface area contributed by atoms with Crippen molar-refractivity contribution in [2.75, 3.05) is 6.26 Å². The van der Waals surface area contributed by atoms with Gasteiger partial charge in [-0.05, 0) is 29.5 Å². The van der Waals surface area contributed by atoms with Gasteiger partial charge in [-0.1, -0.05) is 65.8 Å². The number of hydrogen-bond donors (Lipinski definition) is 0. The molecule has 1 aromatic heterocycles. The fourth-order valence-electron chi connectivity index (χ4n) is 2.04. The average molecular weight is 336 g/mol. The van der Waals surface area contributed by atoms with Crippen LogP contribution in [0.25, 0.3) is 21.6 Å². The number of hydrogen-bond acceptors (Lipinski definition) is 2. The Hall–Kier alpha value is -0.870. The van der Waals surface area contributed by atoms with E-state index in [4.69, 9.17) is 11.6 Å². The maximum absolute atomic E-state index is 5.99. The van der Waals surface area contributed by atoms with Crippen LogP contribution in [0.2, 0.25) is 5.02 Å². The SMILES string of the molecule is CSc1[s+]sc(-c2ccc(Cl)cc2)c1-c1ccccc1. The molecule has 0 spiro atoms. The molecule has 0 aliphatic heterocycles. The quantitative estimate of drug-likeness (QED) is 0.288. The van der Waals surface area contributed by atoms with Crippen molar-refractivity contribution >= 4 is 44.0 Å². The van der Waals surface area contributed by atoms with Crippen molar-refractivity contribution < 1.29 is 0 Å². The Kier molecular flexibility index (Phi) is 4.41. The summed E-state index contributed by atoms with van der Waals surface area (Å²) < 4.78 is 1.37. The first kappa shape index (κ1) is 14.1. The van der Waals surface area contributed by atoms with E-state index in [2.05, 4.69) is 48.7 Å². The Bertz CT molecular complexity index is 702. The molecule has 1 heterocycles. The summed E-state index contributed by atoms with van der Waals surface area (Å²) in [7, 11) is 3.67. The Morgan fingerprint density at radius 2 is 1.65 bits per heavy atom. The number of rotatable bonds is 3. The third-order valence-corrected chi connectivity index (χ3v) is 7.17. The average Bonchev–Trinajstić information content (AvgIpc) is 2.93. The van der Waals surface area contributed by atoms with Gasteiger partial charge in [0.1, 0.15) is 4.88 Å². The summed E-state index contributed by atoms with van der Waals surface area (Å²) in [5, 5.41) is 0.778. The van der Waals surface area contributed by atoms with Crippen LogP contribution in [0.3, 0.4) is 0 Å². The van der Waals surface area contributed by atoms with E-state index in [9.17, 15) is 0 Å². The molecule has 4 heteroatoms. The van der Waals surface area contributed by atoms with Gasteiger partial charge in [-0.15, -0.1) is 0 Å². The first-order valence-electron chi connectivity index (χ1n) is 6.11. The minimum absolute atomic E-state index is 0.778. The Morgan fingerprint density at radius 3 is 2.30 bits per heavy atom. The molecule has 3 rings (SSSR count). The van der Waals surface area contributed by atoms with Gasteiger partial charge in [0, 0.05) is 5.02 Å². The molecule has 20 heavy (non-hydrogen) atoms. The van der Waals surface area contributed by atoms with Crippen molar-refractivity contribution in [3.05, 3.63) is 59.6 Å². The van der Waals surface area contributed by atoms with E-state index in [0.717, 1.165) is 5.02 Å². The molecule has 0 saturated heterocycles. The Balaban J connectivity index is 2.17. The molecule has 0 aliphatic carbocycles. The summed E-state index contributed by atoms with van der Waals surface area (Å²) >= 11 is 7.80. The minimum Gasteiger partial charge on any atom is -0.0843 e. The van der Waals surface area contributed by atoms with E-state index in [1.165, 1.54) is 25.8 Å². The molecule has 0 bridgehead atoms. The summed E-state index contributed by atoms with van der Waals surface area (Å²) in [4.78, 5) is 1.32. The third-order valence-electron chi connectivity index (χ3n) is 2.99. The van der Waals surface area contributed by atoms with Crippen molar-refractivity contribution in [1.82, 2.24) is 0 Å². The molecule has 0 atom stereocenters. The molecule has 3 aromatic rings. The van der Waals surface area contributed by atoms with Gasteiger partial charge in [0.05, 0.1) is 5.56 Å². The molecule has 0 amide bonds. The summed E-state index contributed by atoms with van der Waals surface area (Å²) in [6.45, 7) is 0. The molecule has 0 nitrogen and oxygen atoms in total. The van der Waals surface area contributed by atoms with Gasteiger partial charge in [0.2, 0.25) is 0 Å². The summed E-state index contributed by atoms with van der Waals surface area (Å²) in [5.41, 5.74) is 3.85. The van der Waals surface area contributed by atoms with Crippen LogP contribution in [-0.4, -0.2) is 6.26 Å². The highest BCUT2D eigenvalue weighted by molar-refractivity contribution is 8.02. The molecule has 0 unspecified atom stereocenters. The van der Waals surface area contributed by atoms with Crippen molar-refractivity contribution in [2.24, 2.45) is 0 Å². The van der Waals surface area contributed by atoms with E-state index in [1.54, 1.807) is 0 Å². The highest BCUT2D eigenvalue weighted by Crippen LogP contribution is 2.47. The lowest BCUT2D eigenvalue weighted by atomic mass is 10.0. The molecule has 0 saturated carbocycles. The zero-order valence-corrected chi connectivity index (χ0v) is 14.0. The van der Waals surface area contributed by atoms with Gasteiger partial charge in [-0.2, -0.15) is 0 Å². The number of halogens is 1. The van der Waals surface area contributed by atoms with Crippen molar-refractivity contribution in [2.45, 2.75) is 4.21 Å². The predicted octanol–water partition coefficient (Wildman–Crippen LogP) is 6.80. The van der Waals surface area contributed by atoms with Gasteiger partial charge < -0.3 is 0 Å². The second kappa shape index (κ2) is 6.27. The Labute approximate surface area is 135 Å². The highest BCUT2D eigenvalue weighted by atomic mass is 35.5. The van der Waals surface area contributed by atoms with Crippen molar-refractivity contribution in [3.8, 4) is 21.6 Å². The van der Waals surface area contributed by atoms with Gasteiger partial charge in [0.15, 0.2) is 10.3 Å². The van der Waals surface area contributed by atoms with Crippen LogP contribution in [0.15, 0.2) is 58.8 Å². The predicted molar refractivity (Wildman–Crippen MR) is 94.3 cm³/mol. The highest BCUT2D eigenvalue weighted by Gasteiger charge is 2.25. The van der Waals surface area contributed by atoms with Crippen LogP contribution in [0.5, 0.6) is 0 Å². The van der Waals surface area contributed by atoms with E-state index < -0.39 is 0 Å². The second-order valence-corrected chi connectivity index (χ2v) is 7.90. The maximum Gasteiger partial charge on any atom is 0.308 e. The van der Waals surface area contributed by atoms with Gasteiger partial charge in [0.25, 0.3) is 4.21 Å². The fraction of sp³-hybridized carbons (Fsp3) is 0.0625. The molecule has 0 fully saturated rings. The normalized spacial score (nSPS) is 10.7. The monoisotopic (exact) mass is 335 g/mol. The van der Waals surface area contributed by atoms with Crippen molar-refractivity contribution in [3.63, 3.8) is 0 Å². The van der Waals surface area contributed by atoms with Gasteiger partial charge >= 0.3 is 10.3 Å². The van der Waals surface area contributed by atoms with Gasteiger partial charge in [-0.25, -0.2) is 0 Å². The van der Waals surface area contributed by atoms with E-state index >= 15 is 0 Å². The molecular formula is C16H12ClS3+. The molecule has 100 valence electrons. The maximum atomic E-state index is 5.99. The topological polar surface area (TPSA) is 0 Å². The second-order valence-electron chi connectivity index (χ2n) is 4.24. The van der Waals surface area contributed by atoms with Crippen LogP contribution in [-0.2, 0) is 0 Å². The van der Waals surface area contributed by atoms with Gasteiger partial charge in [-0.3, -0.25) is 0 Å². The van der Waals surface area contributed by atoms with Crippen LogP contribution < -0.4 is 0 Å². The zero-order chi connectivity index (χ0) is 13.9. The van der Waals surface area contributed by atoms with E-state index in [1.807, 2.05) is 44.6 Å².